The Kier molecular flexibility index (Phi) is 6.13. The van der Waals surface area contributed by atoms with Crippen molar-refractivity contribution < 1.29 is 8.42 Å². The number of halogens is 1. The van der Waals surface area contributed by atoms with Crippen LogP contribution < -0.4 is 4.72 Å². The highest BCUT2D eigenvalue weighted by molar-refractivity contribution is 9.09. The van der Waals surface area contributed by atoms with E-state index in [9.17, 15) is 8.42 Å². The summed E-state index contributed by atoms with van der Waals surface area (Å²) in [5, 5.41) is 0.595. The van der Waals surface area contributed by atoms with Gasteiger partial charge in [0.2, 0.25) is 10.0 Å². The van der Waals surface area contributed by atoms with Crippen molar-refractivity contribution in [3.05, 3.63) is 0 Å². The third-order valence-electron chi connectivity index (χ3n) is 1.48. The lowest BCUT2D eigenvalue weighted by molar-refractivity contribution is 0.569. The first-order chi connectivity index (χ1) is 5.50. The van der Waals surface area contributed by atoms with E-state index < -0.39 is 10.0 Å². The molecule has 0 aromatic rings. The maximum atomic E-state index is 11.2. The number of nitrogens with one attached hydrogen (secondary N) is 1. The molecule has 0 fully saturated rings. The van der Waals surface area contributed by atoms with Crippen LogP contribution in [0.5, 0.6) is 0 Å². The highest BCUT2D eigenvalue weighted by Crippen LogP contribution is 1.97. The van der Waals surface area contributed by atoms with Gasteiger partial charge in [0.25, 0.3) is 0 Å². The standard InChI is InChI=1S/C7H16BrNO2S/c1-7(2)12(10,11)9-6-4-3-5-8/h7,9H,3-6H2,1-2H3. The largest absolute Gasteiger partial charge is 0.215 e. The summed E-state index contributed by atoms with van der Waals surface area (Å²) < 4.78 is 24.9. The van der Waals surface area contributed by atoms with Gasteiger partial charge in [-0.1, -0.05) is 15.9 Å². The Bertz CT molecular complexity index is 201. The van der Waals surface area contributed by atoms with Crippen molar-refractivity contribution in [1.29, 1.82) is 0 Å². The average Bonchev–Trinajstić information content (AvgIpc) is 1.98. The molecule has 0 heterocycles. The van der Waals surface area contributed by atoms with Gasteiger partial charge in [-0.15, -0.1) is 0 Å². The van der Waals surface area contributed by atoms with Crippen LogP contribution in [-0.4, -0.2) is 25.5 Å². The smallest absolute Gasteiger partial charge is 0.213 e. The van der Waals surface area contributed by atoms with E-state index in [1.165, 1.54) is 0 Å². The summed E-state index contributed by atoms with van der Waals surface area (Å²) in [5.41, 5.74) is 0. The van der Waals surface area contributed by atoms with Crippen molar-refractivity contribution in [3.8, 4) is 0 Å². The third kappa shape index (κ3) is 5.11. The summed E-state index contributed by atoms with van der Waals surface area (Å²) in [4.78, 5) is 0. The first-order valence-corrected chi connectivity index (χ1v) is 6.72. The van der Waals surface area contributed by atoms with Crippen LogP contribution in [0.25, 0.3) is 0 Å². The van der Waals surface area contributed by atoms with Crippen LogP contribution in [0.2, 0.25) is 0 Å². The van der Waals surface area contributed by atoms with Gasteiger partial charge in [-0.05, 0) is 26.7 Å². The first kappa shape index (κ1) is 12.4. The van der Waals surface area contributed by atoms with Crippen molar-refractivity contribution in [3.63, 3.8) is 0 Å². The number of alkyl halides is 1. The summed E-state index contributed by atoms with van der Waals surface area (Å²) in [5.74, 6) is 0. The van der Waals surface area contributed by atoms with E-state index in [0.717, 1.165) is 18.2 Å². The van der Waals surface area contributed by atoms with Gasteiger partial charge in [0.05, 0.1) is 5.25 Å². The van der Waals surface area contributed by atoms with E-state index in [2.05, 4.69) is 20.7 Å². The molecular weight excluding hydrogens is 242 g/mol. The molecule has 1 N–H and O–H groups in total. The van der Waals surface area contributed by atoms with E-state index in [0.29, 0.717) is 6.54 Å². The lowest BCUT2D eigenvalue weighted by Gasteiger charge is -2.08. The van der Waals surface area contributed by atoms with Gasteiger partial charge in [-0.2, -0.15) is 0 Å². The van der Waals surface area contributed by atoms with Crippen molar-refractivity contribution >= 4 is 26.0 Å². The molecule has 0 atom stereocenters. The van der Waals surface area contributed by atoms with E-state index >= 15 is 0 Å². The van der Waals surface area contributed by atoms with E-state index in [1.54, 1.807) is 13.8 Å². The van der Waals surface area contributed by atoms with Crippen molar-refractivity contribution in [2.24, 2.45) is 0 Å². The zero-order chi connectivity index (χ0) is 9.61. The zero-order valence-corrected chi connectivity index (χ0v) is 9.91. The van der Waals surface area contributed by atoms with Crippen LogP contribution in [0.3, 0.4) is 0 Å². The summed E-state index contributed by atoms with van der Waals surface area (Å²) in [6.45, 7) is 3.89. The maximum Gasteiger partial charge on any atom is 0.213 e. The second kappa shape index (κ2) is 5.94. The summed E-state index contributed by atoms with van der Waals surface area (Å²) in [6.07, 6.45) is 1.89. The van der Waals surface area contributed by atoms with Crippen molar-refractivity contribution in [1.82, 2.24) is 4.72 Å². The lowest BCUT2D eigenvalue weighted by atomic mass is 10.3. The van der Waals surface area contributed by atoms with Gasteiger partial charge in [-0.3, -0.25) is 0 Å². The monoisotopic (exact) mass is 257 g/mol. The number of rotatable bonds is 6. The lowest BCUT2D eigenvalue weighted by Crippen LogP contribution is -2.31. The molecule has 0 rings (SSSR count). The quantitative estimate of drug-likeness (QED) is 0.579. The molecule has 3 nitrogen and oxygen atoms in total. The Balaban J connectivity index is 3.63. The van der Waals surface area contributed by atoms with Crippen molar-refractivity contribution in [2.45, 2.75) is 31.9 Å². The Morgan fingerprint density at radius 1 is 1.33 bits per heavy atom. The molecule has 0 spiro atoms. The normalized spacial score (nSPS) is 12.3. The topological polar surface area (TPSA) is 46.2 Å². The Morgan fingerprint density at radius 2 is 1.92 bits per heavy atom. The second-order valence-electron chi connectivity index (χ2n) is 2.88. The predicted octanol–water partition coefficient (Wildman–Crippen LogP) is 1.49. The van der Waals surface area contributed by atoms with Crippen LogP contribution in [-0.2, 0) is 10.0 Å². The van der Waals surface area contributed by atoms with Gasteiger partial charge in [0, 0.05) is 11.9 Å². The van der Waals surface area contributed by atoms with Gasteiger partial charge in [-0.25, -0.2) is 13.1 Å². The van der Waals surface area contributed by atoms with E-state index in [1.807, 2.05) is 0 Å². The molecule has 12 heavy (non-hydrogen) atoms. The van der Waals surface area contributed by atoms with Gasteiger partial charge < -0.3 is 0 Å². The average molecular weight is 258 g/mol. The molecule has 0 aliphatic carbocycles. The Hall–Kier alpha value is 0.390. The van der Waals surface area contributed by atoms with E-state index in [-0.39, 0.29) is 5.25 Å². The fourth-order valence-corrected chi connectivity index (χ4v) is 1.76. The highest BCUT2D eigenvalue weighted by atomic mass is 79.9. The third-order valence-corrected chi connectivity index (χ3v) is 3.89. The first-order valence-electron chi connectivity index (χ1n) is 4.05. The van der Waals surface area contributed by atoms with Crippen LogP contribution in [0.4, 0.5) is 0 Å². The molecule has 5 heteroatoms. The minimum absolute atomic E-state index is 0.332. The van der Waals surface area contributed by atoms with Gasteiger partial charge in [0.15, 0.2) is 0 Å². The van der Waals surface area contributed by atoms with E-state index in [4.69, 9.17) is 0 Å². The fourth-order valence-electron chi connectivity index (χ4n) is 0.601. The number of hydrogen-bond donors (Lipinski definition) is 1. The number of hydrogen-bond acceptors (Lipinski definition) is 2. The summed E-state index contributed by atoms with van der Waals surface area (Å²) in [7, 11) is -3.04. The molecular formula is C7H16BrNO2S. The zero-order valence-electron chi connectivity index (χ0n) is 7.51. The summed E-state index contributed by atoms with van der Waals surface area (Å²) in [6, 6.07) is 0. The molecule has 74 valence electrons. The molecule has 0 radical (unpaired) electrons. The Labute approximate surface area is 83.1 Å². The number of unbranched alkanes of at least 4 members (excludes halogenated alkanes) is 1. The van der Waals surface area contributed by atoms with Crippen LogP contribution in [0, 0.1) is 0 Å². The SMILES string of the molecule is CC(C)S(=O)(=O)NCCCCBr. The molecule has 0 amide bonds. The number of sulfonamides is 1. The van der Waals surface area contributed by atoms with Crippen LogP contribution in [0.15, 0.2) is 0 Å². The fraction of sp³-hybridized carbons (Fsp3) is 1.00. The predicted molar refractivity (Wildman–Crippen MR) is 55.1 cm³/mol. The minimum atomic E-state index is -3.04. The molecule has 0 aliphatic rings. The van der Waals surface area contributed by atoms with Gasteiger partial charge >= 0.3 is 0 Å². The van der Waals surface area contributed by atoms with Crippen LogP contribution in [0.1, 0.15) is 26.7 Å². The van der Waals surface area contributed by atoms with Crippen molar-refractivity contribution in [2.75, 3.05) is 11.9 Å². The molecule has 0 aliphatic heterocycles. The van der Waals surface area contributed by atoms with Gasteiger partial charge in [0.1, 0.15) is 0 Å². The Morgan fingerprint density at radius 3 is 2.33 bits per heavy atom. The molecule has 0 saturated heterocycles. The molecule has 0 aromatic heterocycles. The second-order valence-corrected chi connectivity index (χ2v) is 6.00. The highest BCUT2D eigenvalue weighted by Gasteiger charge is 2.13. The summed E-state index contributed by atoms with van der Waals surface area (Å²) >= 11 is 3.28. The van der Waals surface area contributed by atoms with Crippen LogP contribution >= 0.6 is 15.9 Å². The maximum absolute atomic E-state index is 11.2. The molecule has 0 bridgehead atoms. The molecule has 0 saturated carbocycles. The molecule has 0 aromatic carbocycles. The minimum Gasteiger partial charge on any atom is -0.215 e. The molecule has 0 unspecified atom stereocenters.